The first-order chi connectivity index (χ1) is 6.99. The molecule has 1 aliphatic rings. The first-order valence-corrected chi connectivity index (χ1v) is 6.66. The maximum Gasteiger partial charge on any atom is 0.0141 e. The molecule has 1 saturated carbocycles. The summed E-state index contributed by atoms with van der Waals surface area (Å²) in [7, 11) is 2.13. The minimum absolute atomic E-state index is 0.401. The van der Waals surface area contributed by atoms with Gasteiger partial charge in [-0.15, -0.1) is 0 Å². The maximum absolute atomic E-state index is 3.54. The molecular formula is C14H29N. The lowest BCUT2D eigenvalue weighted by atomic mass is 9.70. The van der Waals surface area contributed by atoms with Crippen LogP contribution in [0.25, 0.3) is 0 Å². The van der Waals surface area contributed by atoms with Crippen molar-refractivity contribution in [1.82, 2.24) is 5.32 Å². The van der Waals surface area contributed by atoms with Crippen molar-refractivity contribution in [3.8, 4) is 0 Å². The highest BCUT2D eigenvalue weighted by Gasteiger charge is 2.33. The van der Waals surface area contributed by atoms with Crippen molar-refractivity contribution in [3.63, 3.8) is 0 Å². The van der Waals surface area contributed by atoms with Crippen molar-refractivity contribution in [2.24, 2.45) is 17.3 Å². The predicted octanol–water partition coefficient (Wildman–Crippen LogP) is 3.84. The normalized spacial score (nSPS) is 30.2. The Balaban J connectivity index is 2.50. The molecular weight excluding hydrogens is 182 g/mol. The van der Waals surface area contributed by atoms with Crippen LogP contribution in [0.2, 0.25) is 0 Å². The van der Waals surface area contributed by atoms with Crippen LogP contribution in [0, 0.1) is 17.3 Å². The van der Waals surface area contributed by atoms with Crippen LogP contribution in [-0.2, 0) is 0 Å². The molecule has 1 atom stereocenters. The first-order valence-electron chi connectivity index (χ1n) is 6.66. The van der Waals surface area contributed by atoms with E-state index in [-0.39, 0.29) is 0 Å². The predicted molar refractivity (Wildman–Crippen MR) is 68.0 cm³/mol. The smallest absolute Gasteiger partial charge is 0.0141 e. The summed E-state index contributed by atoms with van der Waals surface area (Å²) < 4.78 is 0. The van der Waals surface area contributed by atoms with Gasteiger partial charge in [0.1, 0.15) is 0 Å². The van der Waals surface area contributed by atoms with E-state index in [9.17, 15) is 0 Å². The van der Waals surface area contributed by atoms with E-state index >= 15 is 0 Å². The molecule has 0 aromatic heterocycles. The summed E-state index contributed by atoms with van der Waals surface area (Å²) in [6, 6.07) is 0.690. The van der Waals surface area contributed by atoms with Crippen LogP contribution < -0.4 is 5.32 Å². The van der Waals surface area contributed by atoms with Crippen LogP contribution in [0.4, 0.5) is 0 Å². The number of nitrogens with one attached hydrogen (secondary N) is 1. The molecule has 0 aromatic rings. The standard InChI is InChI=1S/C14H29N/c1-6-11-7-9-12(10-8-11)13(15-5)14(2,3)4/h11-13,15H,6-10H2,1-5H3. The molecule has 1 heteroatoms. The molecule has 0 aromatic carbocycles. The summed E-state index contributed by atoms with van der Waals surface area (Å²) >= 11 is 0. The molecule has 15 heavy (non-hydrogen) atoms. The molecule has 90 valence electrons. The largest absolute Gasteiger partial charge is 0.316 e. The van der Waals surface area contributed by atoms with Crippen molar-refractivity contribution in [1.29, 1.82) is 0 Å². The molecule has 0 radical (unpaired) electrons. The zero-order chi connectivity index (χ0) is 11.5. The van der Waals surface area contributed by atoms with E-state index in [2.05, 4.69) is 40.1 Å². The summed E-state index contributed by atoms with van der Waals surface area (Å²) in [5, 5.41) is 3.54. The van der Waals surface area contributed by atoms with Crippen LogP contribution in [-0.4, -0.2) is 13.1 Å². The lowest BCUT2D eigenvalue weighted by Gasteiger charge is -2.40. The molecule has 1 rings (SSSR count). The van der Waals surface area contributed by atoms with Crippen LogP contribution >= 0.6 is 0 Å². The fourth-order valence-electron chi connectivity index (χ4n) is 3.31. The monoisotopic (exact) mass is 211 g/mol. The van der Waals surface area contributed by atoms with Gasteiger partial charge >= 0.3 is 0 Å². The van der Waals surface area contributed by atoms with Gasteiger partial charge in [0, 0.05) is 6.04 Å². The van der Waals surface area contributed by atoms with E-state index in [1.165, 1.54) is 32.1 Å². The lowest BCUT2D eigenvalue weighted by Crippen LogP contribution is -2.45. The molecule has 1 fully saturated rings. The molecule has 1 N–H and O–H groups in total. The minimum Gasteiger partial charge on any atom is -0.316 e. The molecule has 0 heterocycles. The topological polar surface area (TPSA) is 12.0 Å². The van der Waals surface area contributed by atoms with Crippen molar-refractivity contribution in [2.75, 3.05) is 7.05 Å². The third-order valence-electron chi connectivity index (χ3n) is 4.18. The Morgan fingerprint density at radius 1 is 1.13 bits per heavy atom. The number of hydrogen-bond donors (Lipinski definition) is 1. The SMILES string of the molecule is CCC1CCC(C(NC)C(C)(C)C)CC1. The molecule has 1 unspecified atom stereocenters. The Labute approximate surface area is 96.0 Å². The van der Waals surface area contributed by atoms with Crippen LogP contribution in [0.3, 0.4) is 0 Å². The summed E-state index contributed by atoms with van der Waals surface area (Å²) in [4.78, 5) is 0. The Morgan fingerprint density at radius 3 is 2.00 bits per heavy atom. The molecule has 1 nitrogen and oxygen atoms in total. The second-order valence-electron chi connectivity index (χ2n) is 6.32. The van der Waals surface area contributed by atoms with Crippen LogP contribution in [0.5, 0.6) is 0 Å². The molecule has 0 spiro atoms. The Kier molecular flexibility index (Phi) is 4.64. The van der Waals surface area contributed by atoms with Gasteiger partial charge in [-0.25, -0.2) is 0 Å². The Bertz CT molecular complexity index is 172. The van der Waals surface area contributed by atoms with E-state index in [1.807, 2.05) is 0 Å². The third-order valence-corrected chi connectivity index (χ3v) is 4.18. The quantitative estimate of drug-likeness (QED) is 0.748. The van der Waals surface area contributed by atoms with Gasteiger partial charge in [-0.3, -0.25) is 0 Å². The van der Waals surface area contributed by atoms with Gasteiger partial charge in [0.2, 0.25) is 0 Å². The second kappa shape index (κ2) is 5.34. The third kappa shape index (κ3) is 3.48. The second-order valence-corrected chi connectivity index (χ2v) is 6.32. The van der Waals surface area contributed by atoms with Gasteiger partial charge in [0.25, 0.3) is 0 Å². The van der Waals surface area contributed by atoms with Crippen molar-refractivity contribution in [3.05, 3.63) is 0 Å². The first kappa shape index (κ1) is 13.0. The van der Waals surface area contributed by atoms with Crippen molar-refractivity contribution < 1.29 is 0 Å². The maximum atomic E-state index is 3.54. The minimum atomic E-state index is 0.401. The summed E-state index contributed by atoms with van der Waals surface area (Å²) in [5.41, 5.74) is 0.401. The fourth-order valence-corrected chi connectivity index (χ4v) is 3.31. The number of hydrogen-bond acceptors (Lipinski definition) is 1. The Morgan fingerprint density at radius 2 is 1.67 bits per heavy atom. The summed E-state index contributed by atoms with van der Waals surface area (Å²) in [6.07, 6.45) is 7.15. The summed E-state index contributed by atoms with van der Waals surface area (Å²) in [6.45, 7) is 9.42. The zero-order valence-corrected chi connectivity index (χ0v) is 11.3. The molecule has 0 saturated heterocycles. The molecule has 0 aliphatic heterocycles. The fraction of sp³-hybridized carbons (Fsp3) is 1.00. The molecule has 0 bridgehead atoms. The van der Waals surface area contributed by atoms with E-state index in [0.29, 0.717) is 11.5 Å². The van der Waals surface area contributed by atoms with E-state index in [4.69, 9.17) is 0 Å². The molecule has 0 amide bonds. The van der Waals surface area contributed by atoms with Gasteiger partial charge < -0.3 is 5.32 Å². The van der Waals surface area contributed by atoms with Crippen molar-refractivity contribution in [2.45, 2.75) is 65.8 Å². The highest BCUT2D eigenvalue weighted by Crippen LogP contribution is 2.37. The van der Waals surface area contributed by atoms with Crippen LogP contribution in [0.15, 0.2) is 0 Å². The van der Waals surface area contributed by atoms with E-state index in [1.54, 1.807) is 0 Å². The zero-order valence-electron chi connectivity index (χ0n) is 11.3. The number of rotatable bonds is 3. The average Bonchev–Trinajstić information content (AvgIpc) is 2.18. The lowest BCUT2D eigenvalue weighted by molar-refractivity contribution is 0.144. The van der Waals surface area contributed by atoms with Crippen molar-refractivity contribution >= 4 is 0 Å². The van der Waals surface area contributed by atoms with Gasteiger partial charge in [0.05, 0.1) is 0 Å². The van der Waals surface area contributed by atoms with Gasteiger partial charge in [0.15, 0.2) is 0 Å². The van der Waals surface area contributed by atoms with E-state index in [0.717, 1.165) is 11.8 Å². The van der Waals surface area contributed by atoms with Gasteiger partial charge in [-0.05, 0) is 37.1 Å². The van der Waals surface area contributed by atoms with E-state index < -0.39 is 0 Å². The van der Waals surface area contributed by atoms with Gasteiger partial charge in [-0.2, -0.15) is 0 Å². The summed E-state index contributed by atoms with van der Waals surface area (Å²) in [5.74, 6) is 1.91. The highest BCUT2D eigenvalue weighted by molar-refractivity contribution is 4.88. The average molecular weight is 211 g/mol. The Hall–Kier alpha value is -0.0400. The molecule has 1 aliphatic carbocycles. The van der Waals surface area contributed by atoms with Gasteiger partial charge in [-0.1, -0.05) is 47.0 Å². The van der Waals surface area contributed by atoms with Crippen LogP contribution in [0.1, 0.15) is 59.8 Å². The highest BCUT2D eigenvalue weighted by atomic mass is 14.9.